The van der Waals surface area contributed by atoms with E-state index < -0.39 is 40.4 Å². The number of aliphatic hydroxyl groups is 2. The minimum atomic E-state index is -3.60. The number of halogens is 1. The van der Waals surface area contributed by atoms with Gasteiger partial charge in [-0.05, 0) is 48.4 Å². The lowest BCUT2D eigenvalue weighted by Crippen LogP contribution is -2.32. The Hall–Kier alpha value is -2.82. The lowest BCUT2D eigenvalue weighted by Gasteiger charge is -2.26. The fraction of sp³-hybridized carbons (Fsp3) is 0.462. The van der Waals surface area contributed by atoms with Crippen molar-refractivity contribution in [3.05, 3.63) is 53.0 Å². The van der Waals surface area contributed by atoms with E-state index in [1.54, 1.807) is 18.2 Å². The fourth-order valence-corrected chi connectivity index (χ4v) is 5.40. The lowest BCUT2D eigenvalue weighted by atomic mass is 9.88. The summed E-state index contributed by atoms with van der Waals surface area (Å²) in [5.74, 6) is -1.31. The molecule has 0 radical (unpaired) electrons. The quantitative estimate of drug-likeness (QED) is 0.460. The molecule has 2 heterocycles. The maximum atomic E-state index is 13.8. The number of aliphatic hydroxyl groups excluding tert-OH is 2. The van der Waals surface area contributed by atoms with Crippen molar-refractivity contribution in [2.45, 2.75) is 64.1 Å². The van der Waals surface area contributed by atoms with Crippen molar-refractivity contribution in [1.29, 1.82) is 0 Å². The maximum Gasteiger partial charge on any atom is 0.305 e. The van der Waals surface area contributed by atoms with Gasteiger partial charge in [0.2, 0.25) is 10.0 Å². The van der Waals surface area contributed by atoms with Gasteiger partial charge in [0, 0.05) is 24.1 Å². The van der Waals surface area contributed by atoms with Gasteiger partial charge in [-0.1, -0.05) is 38.1 Å². The molecule has 3 N–H and O–H groups in total. The Morgan fingerprint density at radius 1 is 1.19 bits per heavy atom. The molecule has 1 aromatic carbocycles. The predicted molar refractivity (Wildman–Crippen MR) is 137 cm³/mol. The van der Waals surface area contributed by atoms with Gasteiger partial charge in [0.05, 0.1) is 30.6 Å². The van der Waals surface area contributed by atoms with Crippen LogP contribution in [-0.2, 0) is 21.2 Å². The van der Waals surface area contributed by atoms with Crippen LogP contribution in [0.2, 0.25) is 0 Å². The van der Waals surface area contributed by atoms with E-state index in [1.165, 1.54) is 22.5 Å². The van der Waals surface area contributed by atoms with Crippen LogP contribution < -0.4 is 4.31 Å². The highest BCUT2D eigenvalue weighted by Crippen LogP contribution is 2.41. The summed E-state index contributed by atoms with van der Waals surface area (Å²) >= 11 is 0. The van der Waals surface area contributed by atoms with Crippen molar-refractivity contribution in [2.75, 3.05) is 17.1 Å². The van der Waals surface area contributed by atoms with Crippen LogP contribution >= 0.6 is 0 Å². The fourth-order valence-electron chi connectivity index (χ4n) is 4.48. The summed E-state index contributed by atoms with van der Waals surface area (Å²) in [6.45, 7) is 4.17. The molecule has 0 bridgehead atoms. The number of hydrogen-bond acceptors (Lipinski definition) is 6. The van der Waals surface area contributed by atoms with Gasteiger partial charge in [-0.3, -0.25) is 9.10 Å². The number of pyridine rings is 1. The molecule has 0 saturated heterocycles. The Morgan fingerprint density at radius 3 is 2.44 bits per heavy atom. The minimum absolute atomic E-state index is 0.117. The van der Waals surface area contributed by atoms with Gasteiger partial charge in [0.1, 0.15) is 11.6 Å². The third-order valence-corrected chi connectivity index (χ3v) is 7.26. The Bertz CT molecular complexity index is 1230. The van der Waals surface area contributed by atoms with Crippen LogP contribution in [-0.4, -0.2) is 59.7 Å². The second kappa shape index (κ2) is 11.5. The molecular formula is C26H33FN2O6S. The number of carboxylic acid groups (broad SMARTS) is 1. The van der Waals surface area contributed by atoms with Crippen LogP contribution in [0, 0.1) is 5.82 Å². The van der Waals surface area contributed by atoms with Gasteiger partial charge in [0.15, 0.2) is 0 Å². The van der Waals surface area contributed by atoms with Gasteiger partial charge in [-0.25, -0.2) is 17.8 Å². The molecule has 0 fully saturated rings. The van der Waals surface area contributed by atoms with Gasteiger partial charge < -0.3 is 15.3 Å². The molecule has 196 valence electrons. The zero-order valence-corrected chi connectivity index (χ0v) is 21.5. The standard InChI is InChI=1S/C26H33FN2O6S/c1-16(2)25-21(12-11-19(30)14-20(31)15-23(32)33)24(17-7-9-18(27)10-8-17)22-6-4-5-13-29(26(22)28-25)36(3,34)35/h7-12,16,19-20,30-31H,4-6,13-15H2,1-3H3,(H,32,33)/b12-11+/t19-,20-/m1/s1. The third-order valence-electron chi connectivity index (χ3n) is 6.11. The van der Waals surface area contributed by atoms with Crippen molar-refractivity contribution in [3.8, 4) is 11.1 Å². The maximum absolute atomic E-state index is 13.8. The summed E-state index contributed by atoms with van der Waals surface area (Å²) in [5, 5.41) is 29.2. The highest BCUT2D eigenvalue weighted by atomic mass is 32.2. The first-order valence-corrected chi connectivity index (χ1v) is 13.8. The number of anilines is 1. The molecule has 36 heavy (non-hydrogen) atoms. The van der Waals surface area contributed by atoms with Gasteiger partial charge in [-0.15, -0.1) is 0 Å². The number of sulfonamides is 1. The molecule has 0 unspecified atom stereocenters. The second-order valence-electron chi connectivity index (χ2n) is 9.46. The number of carboxylic acids is 1. The number of fused-ring (bicyclic) bond motifs is 1. The van der Waals surface area contributed by atoms with Crippen molar-refractivity contribution in [2.24, 2.45) is 0 Å². The third kappa shape index (κ3) is 6.68. The van der Waals surface area contributed by atoms with E-state index in [0.717, 1.165) is 18.2 Å². The first kappa shape index (κ1) is 27.8. The monoisotopic (exact) mass is 520 g/mol. The van der Waals surface area contributed by atoms with E-state index >= 15 is 0 Å². The number of carbonyl (C=O) groups is 1. The number of rotatable bonds is 9. The molecular weight excluding hydrogens is 487 g/mol. The Morgan fingerprint density at radius 2 is 1.86 bits per heavy atom. The number of benzene rings is 1. The van der Waals surface area contributed by atoms with Crippen molar-refractivity contribution in [1.82, 2.24) is 4.98 Å². The van der Waals surface area contributed by atoms with Crippen LogP contribution in [0.25, 0.3) is 17.2 Å². The zero-order chi connectivity index (χ0) is 26.6. The average molecular weight is 521 g/mol. The zero-order valence-electron chi connectivity index (χ0n) is 20.7. The molecule has 0 spiro atoms. The van der Waals surface area contributed by atoms with E-state index in [1.807, 2.05) is 13.8 Å². The normalized spacial score (nSPS) is 16.1. The molecule has 3 rings (SSSR count). The molecule has 0 aliphatic carbocycles. The summed E-state index contributed by atoms with van der Waals surface area (Å²) in [6.07, 6.45) is 3.30. The SMILES string of the molecule is CC(C)c1nc2c(c(-c3ccc(F)cc3)c1/C=C/[C@@H](O)C[C@@H](O)CC(=O)O)CCCCN2S(C)(=O)=O. The lowest BCUT2D eigenvalue weighted by molar-refractivity contribution is -0.139. The molecule has 8 nitrogen and oxygen atoms in total. The highest BCUT2D eigenvalue weighted by Gasteiger charge is 2.30. The van der Waals surface area contributed by atoms with E-state index in [0.29, 0.717) is 47.6 Å². The summed E-state index contributed by atoms with van der Waals surface area (Å²) in [7, 11) is -3.60. The van der Waals surface area contributed by atoms with Crippen molar-refractivity contribution < 1.29 is 32.9 Å². The molecule has 2 aromatic rings. The molecule has 1 aliphatic heterocycles. The Labute approximate surface area is 211 Å². The van der Waals surface area contributed by atoms with Crippen LogP contribution in [0.3, 0.4) is 0 Å². The van der Waals surface area contributed by atoms with E-state index in [-0.39, 0.29) is 12.3 Å². The smallest absolute Gasteiger partial charge is 0.305 e. The van der Waals surface area contributed by atoms with Crippen LogP contribution in [0.5, 0.6) is 0 Å². The topological polar surface area (TPSA) is 128 Å². The van der Waals surface area contributed by atoms with Gasteiger partial charge >= 0.3 is 5.97 Å². The van der Waals surface area contributed by atoms with Crippen LogP contribution in [0.1, 0.15) is 62.3 Å². The van der Waals surface area contributed by atoms with Crippen molar-refractivity contribution in [3.63, 3.8) is 0 Å². The molecule has 0 saturated carbocycles. The number of hydrogen-bond donors (Lipinski definition) is 3. The molecule has 10 heteroatoms. The largest absolute Gasteiger partial charge is 0.481 e. The number of aromatic nitrogens is 1. The average Bonchev–Trinajstić information content (AvgIpc) is 2.99. The van der Waals surface area contributed by atoms with E-state index in [2.05, 4.69) is 0 Å². The Kier molecular flexibility index (Phi) is 8.86. The van der Waals surface area contributed by atoms with Crippen LogP contribution in [0.15, 0.2) is 30.3 Å². The van der Waals surface area contributed by atoms with Crippen LogP contribution in [0.4, 0.5) is 10.2 Å². The highest BCUT2D eigenvalue weighted by molar-refractivity contribution is 7.92. The summed E-state index contributed by atoms with van der Waals surface area (Å²) < 4.78 is 40.5. The predicted octanol–water partition coefficient (Wildman–Crippen LogP) is 3.71. The summed E-state index contributed by atoms with van der Waals surface area (Å²) in [4.78, 5) is 15.7. The number of nitrogens with zero attached hydrogens (tertiary/aromatic N) is 2. The summed E-state index contributed by atoms with van der Waals surface area (Å²) in [6, 6.07) is 5.95. The molecule has 2 atom stereocenters. The second-order valence-corrected chi connectivity index (χ2v) is 11.4. The van der Waals surface area contributed by atoms with Gasteiger partial charge in [-0.2, -0.15) is 0 Å². The molecule has 1 aromatic heterocycles. The summed E-state index contributed by atoms with van der Waals surface area (Å²) in [5.41, 5.74) is 3.41. The Balaban J connectivity index is 2.23. The molecule has 1 aliphatic rings. The van der Waals surface area contributed by atoms with E-state index in [9.17, 15) is 27.8 Å². The minimum Gasteiger partial charge on any atom is -0.481 e. The van der Waals surface area contributed by atoms with Gasteiger partial charge in [0.25, 0.3) is 0 Å². The van der Waals surface area contributed by atoms with Crippen molar-refractivity contribution >= 4 is 27.9 Å². The molecule has 0 amide bonds. The first-order valence-electron chi connectivity index (χ1n) is 11.9. The van der Waals surface area contributed by atoms with E-state index in [4.69, 9.17) is 10.1 Å². The first-order chi connectivity index (χ1) is 16.9. The number of aliphatic carboxylic acids is 1.